The number of nitrogens with zero attached hydrogens (tertiary/aromatic N) is 2. The summed E-state index contributed by atoms with van der Waals surface area (Å²) in [5, 5.41) is 3.97. The number of rotatable bonds is 7. The monoisotopic (exact) mass is 505 g/mol. The molecule has 0 aliphatic heterocycles. The van der Waals surface area contributed by atoms with Crippen LogP contribution in [0.15, 0.2) is 83.3 Å². The molecule has 1 heterocycles. The van der Waals surface area contributed by atoms with E-state index in [1.807, 2.05) is 68.7 Å². The first kappa shape index (κ1) is 23.1. The zero-order valence-electron chi connectivity index (χ0n) is 18.6. The van der Waals surface area contributed by atoms with Crippen molar-refractivity contribution in [3.63, 3.8) is 0 Å². The van der Waals surface area contributed by atoms with Crippen LogP contribution in [-0.2, 0) is 0 Å². The molecule has 168 valence electrons. The Kier molecular flexibility index (Phi) is 7.16. The Morgan fingerprint density at radius 1 is 1.03 bits per heavy atom. The van der Waals surface area contributed by atoms with Crippen LogP contribution in [-0.4, -0.2) is 36.4 Å². The molecular formula is C27H25BrFN3O. The topological polar surface area (TPSA) is 45.2 Å². The molecule has 0 radical (unpaired) electrons. The minimum Gasteiger partial charge on any atom is -0.345 e. The summed E-state index contributed by atoms with van der Waals surface area (Å²) in [4.78, 5) is 20.4. The smallest absolute Gasteiger partial charge is 0.252 e. The van der Waals surface area contributed by atoms with Crippen LogP contribution in [0, 0.1) is 5.82 Å². The molecule has 1 amide bonds. The minimum absolute atomic E-state index is 0.182. The molecule has 1 atom stereocenters. The summed E-state index contributed by atoms with van der Waals surface area (Å²) in [7, 11) is 3.98. The van der Waals surface area contributed by atoms with Crippen molar-refractivity contribution < 1.29 is 9.18 Å². The molecule has 1 aromatic heterocycles. The number of carbonyl (C=O) groups is 1. The Bertz CT molecular complexity index is 1270. The van der Waals surface area contributed by atoms with Gasteiger partial charge >= 0.3 is 0 Å². The number of hydrogen-bond donors (Lipinski definition) is 1. The lowest BCUT2D eigenvalue weighted by Gasteiger charge is -2.22. The lowest BCUT2D eigenvalue weighted by molar-refractivity contribution is 0.0934. The maximum Gasteiger partial charge on any atom is 0.252 e. The number of pyridine rings is 1. The Morgan fingerprint density at radius 3 is 2.52 bits per heavy atom. The first-order chi connectivity index (χ1) is 15.9. The molecule has 4 aromatic rings. The van der Waals surface area contributed by atoms with E-state index in [9.17, 15) is 9.18 Å². The maximum atomic E-state index is 13.6. The second kappa shape index (κ2) is 10.2. The third-order valence-electron chi connectivity index (χ3n) is 5.52. The third kappa shape index (κ3) is 5.64. The van der Waals surface area contributed by atoms with Gasteiger partial charge in [0.05, 0.1) is 22.8 Å². The minimum atomic E-state index is -0.296. The summed E-state index contributed by atoms with van der Waals surface area (Å²) in [6, 6.07) is 23.4. The van der Waals surface area contributed by atoms with E-state index in [4.69, 9.17) is 4.98 Å². The lowest BCUT2D eigenvalue weighted by Crippen LogP contribution is -2.31. The van der Waals surface area contributed by atoms with Gasteiger partial charge in [-0.3, -0.25) is 4.79 Å². The van der Waals surface area contributed by atoms with Crippen molar-refractivity contribution in [1.29, 1.82) is 0 Å². The second-order valence-corrected chi connectivity index (χ2v) is 9.17. The molecule has 0 fully saturated rings. The fraction of sp³-hybridized carbons (Fsp3) is 0.185. The lowest BCUT2D eigenvalue weighted by atomic mass is 10.0. The zero-order valence-corrected chi connectivity index (χ0v) is 20.1. The fourth-order valence-electron chi connectivity index (χ4n) is 3.80. The first-order valence-corrected chi connectivity index (χ1v) is 11.6. The van der Waals surface area contributed by atoms with Gasteiger partial charge in [-0.25, -0.2) is 9.37 Å². The van der Waals surface area contributed by atoms with Gasteiger partial charge < -0.3 is 10.2 Å². The number of amides is 1. The molecule has 0 saturated carbocycles. The molecule has 0 saturated heterocycles. The number of carbonyl (C=O) groups excluding carboxylic acids is 1. The third-order valence-corrected chi connectivity index (χ3v) is 6.02. The molecule has 6 heteroatoms. The van der Waals surface area contributed by atoms with Crippen molar-refractivity contribution in [2.24, 2.45) is 0 Å². The molecule has 0 bridgehead atoms. The Morgan fingerprint density at radius 2 is 1.79 bits per heavy atom. The van der Waals surface area contributed by atoms with Crippen molar-refractivity contribution in [2.75, 3.05) is 20.6 Å². The van der Waals surface area contributed by atoms with Crippen molar-refractivity contribution in [3.8, 4) is 11.3 Å². The summed E-state index contributed by atoms with van der Waals surface area (Å²) >= 11 is 3.51. The van der Waals surface area contributed by atoms with E-state index in [-0.39, 0.29) is 17.8 Å². The maximum absolute atomic E-state index is 13.6. The van der Waals surface area contributed by atoms with E-state index in [1.165, 1.54) is 12.1 Å². The van der Waals surface area contributed by atoms with Gasteiger partial charge in [-0.15, -0.1) is 0 Å². The molecule has 0 spiro atoms. The standard InChI is InChI=1S/C27H25BrFN3O/c1-32(2)15-14-24(18-10-12-21(29)13-11-18)31-27(33)23-17-26(19-6-5-7-20(28)16-19)30-25-9-4-3-8-22(23)25/h3-13,16-17,24H,14-15H2,1-2H3,(H,31,33). The highest BCUT2D eigenvalue weighted by Gasteiger charge is 2.19. The zero-order chi connectivity index (χ0) is 23.4. The van der Waals surface area contributed by atoms with Crippen LogP contribution in [0.25, 0.3) is 22.2 Å². The Labute approximate surface area is 201 Å². The normalized spacial score (nSPS) is 12.2. The number of benzene rings is 3. The molecule has 3 aromatic carbocycles. The van der Waals surface area contributed by atoms with Crippen LogP contribution in [0.2, 0.25) is 0 Å². The molecule has 0 aliphatic rings. The SMILES string of the molecule is CN(C)CCC(NC(=O)c1cc(-c2cccc(Br)c2)nc2ccccc12)c1ccc(F)cc1. The predicted octanol–water partition coefficient (Wildman–Crippen LogP) is 6.23. The molecule has 1 unspecified atom stereocenters. The number of aromatic nitrogens is 1. The van der Waals surface area contributed by atoms with Crippen LogP contribution in [0.3, 0.4) is 0 Å². The Hall–Kier alpha value is -3.09. The molecule has 1 N–H and O–H groups in total. The number of nitrogens with one attached hydrogen (secondary N) is 1. The van der Waals surface area contributed by atoms with E-state index in [1.54, 1.807) is 12.1 Å². The van der Waals surface area contributed by atoms with E-state index < -0.39 is 0 Å². The van der Waals surface area contributed by atoms with Crippen LogP contribution in [0.1, 0.15) is 28.4 Å². The summed E-state index contributed by atoms with van der Waals surface area (Å²) in [6.45, 7) is 0.780. The summed E-state index contributed by atoms with van der Waals surface area (Å²) in [5.74, 6) is -0.479. The number of halogens is 2. The molecular weight excluding hydrogens is 481 g/mol. The summed E-state index contributed by atoms with van der Waals surface area (Å²) < 4.78 is 14.4. The highest BCUT2D eigenvalue weighted by molar-refractivity contribution is 9.10. The van der Waals surface area contributed by atoms with Crippen LogP contribution in [0.4, 0.5) is 4.39 Å². The largest absolute Gasteiger partial charge is 0.345 e. The summed E-state index contributed by atoms with van der Waals surface area (Å²) in [6.07, 6.45) is 0.700. The number of para-hydroxylation sites is 1. The quantitative estimate of drug-likeness (QED) is 0.324. The van der Waals surface area contributed by atoms with E-state index >= 15 is 0 Å². The average Bonchev–Trinajstić information content (AvgIpc) is 2.81. The Balaban J connectivity index is 1.73. The van der Waals surface area contributed by atoms with Crippen LogP contribution in [0.5, 0.6) is 0 Å². The number of hydrogen-bond acceptors (Lipinski definition) is 3. The van der Waals surface area contributed by atoms with Gasteiger partial charge in [0.1, 0.15) is 5.82 Å². The van der Waals surface area contributed by atoms with Crippen molar-refractivity contribution >= 4 is 32.7 Å². The predicted molar refractivity (Wildman–Crippen MR) is 135 cm³/mol. The van der Waals surface area contributed by atoms with Gasteiger partial charge in [0.25, 0.3) is 5.91 Å². The van der Waals surface area contributed by atoms with Gasteiger partial charge in [-0.2, -0.15) is 0 Å². The first-order valence-electron chi connectivity index (χ1n) is 10.8. The van der Waals surface area contributed by atoms with Crippen molar-refractivity contribution in [2.45, 2.75) is 12.5 Å². The highest BCUT2D eigenvalue weighted by atomic mass is 79.9. The van der Waals surface area contributed by atoms with Crippen molar-refractivity contribution in [3.05, 3.63) is 100 Å². The van der Waals surface area contributed by atoms with Gasteiger partial charge in [0, 0.05) is 15.4 Å². The van der Waals surface area contributed by atoms with Crippen LogP contribution >= 0.6 is 15.9 Å². The second-order valence-electron chi connectivity index (χ2n) is 8.25. The van der Waals surface area contributed by atoms with E-state index in [0.717, 1.165) is 38.7 Å². The van der Waals surface area contributed by atoms with Gasteiger partial charge in [-0.1, -0.05) is 58.4 Å². The fourth-order valence-corrected chi connectivity index (χ4v) is 4.20. The summed E-state index contributed by atoms with van der Waals surface area (Å²) in [5.41, 5.74) is 3.84. The van der Waals surface area contributed by atoms with Crippen LogP contribution < -0.4 is 5.32 Å². The van der Waals surface area contributed by atoms with Gasteiger partial charge in [-0.05, 0) is 69.0 Å². The highest BCUT2D eigenvalue weighted by Crippen LogP contribution is 2.27. The van der Waals surface area contributed by atoms with Gasteiger partial charge in [0.2, 0.25) is 0 Å². The molecule has 4 rings (SSSR count). The van der Waals surface area contributed by atoms with E-state index in [2.05, 4.69) is 26.1 Å². The van der Waals surface area contributed by atoms with E-state index in [0.29, 0.717) is 12.0 Å². The molecule has 4 nitrogen and oxygen atoms in total. The number of fused-ring (bicyclic) bond motifs is 1. The average molecular weight is 506 g/mol. The molecule has 33 heavy (non-hydrogen) atoms. The van der Waals surface area contributed by atoms with Gasteiger partial charge in [0.15, 0.2) is 0 Å². The molecule has 0 aliphatic carbocycles. The van der Waals surface area contributed by atoms with Crippen molar-refractivity contribution in [1.82, 2.24) is 15.2 Å².